The normalized spacial score (nSPS) is 11.4. The first-order valence-corrected chi connectivity index (χ1v) is 8.45. The van der Waals surface area contributed by atoms with Crippen LogP contribution < -0.4 is 10.0 Å². The first-order valence-electron chi connectivity index (χ1n) is 5.78. The van der Waals surface area contributed by atoms with Crippen LogP contribution >= 0.6 is 22.9 Å². The second kappa shape index (κ2) is 6.69. The molecule has 0 saturated carbocycles. The number of amides is 1. The lowest BCUT2D eigenvalue weighted by Gasteiger charge is -2.07. The van der Waals surface area contributed by atoms with Crippen molar-refractivity contribution in [1.29, 1.82) is 0 Å². The highest BCUT2D eigenvalue weighted by molar-refractivity contribution is 7.91. The van der Waals surface area contributed by atoms with Gasteiger partial charge in [-0.3, -0.25) is 4.79 Å². The number of rotatable bonds is 5. The van der Waals surface area contributed by atoms with Crippen molar-refractivity contribution >= 4 is 44.6 Å². The number of benzene rings is 1. The number of hydrogen-bond donors (Lipinski definition) is 2. The molecule has 2 rings (SSSR count). The van der Waals surface area contributed by atoms with Crippen LogP contribution in [0, 0.1) is 11.6 Å². The number of halogens is 3. The van der Waals surface area contributed by atoms with E-state index in [2.05, 4.69) is 10.0 Å². The molecule has 0 unspecified atom stereocenters. The molecule has 1 aromatic carbocycles. The smallest absolute Gasteiger partial charge is 0.250 e. The Morgan fingerprint density at radius 3 is 2.50 bits per heavy atom. The summed E-state index contributed by atoms with van der Waals surface area (Å²) >= 11 is 6.49. The van der Waals surface area contributed by atoms with Crippen LogP contribution in [0.25, 0.3) is 0 Å². The van der Waals surface area contributed by atoms with E-state index in [4.69, 9.17) is 11.6 Å². The highest BCUT2D eigenvalue weighted by Crippen LogP contribution is 2.25. The van der Waals surface area contributed by atoms with Crippen LogP contribution in [0.5, 0.6) is 0 Å². The van der Waals surface area contributed by atoms with Gasteiger partial charge >= 0.3 is 0 Å². The van der Waals surface area contributed by atoms with E-state index < -0.39 is 34.1 Å². The van der Waals surface area contributed by atoms with Crippen molar-refractivity contribution in [2.24, 2.45) is 0 Å². The second-order valence-electron chi connectivity index (χ2n) is 4.06. The van der Waals surface area contributed by atoms with E-state index >= 15 is 0 Å². The molecule has 5 nitrogen and oxygen atoms in total. The lowest BCUT2D eigenvalue weighted by atomic mass is 10.3. The van der Waals surface area contributed by atoms with Gasteiger partial charge in [0, 0.05) is 11.8 Å². The zero-order valence-corrected chi connectivity index (χ0v) is 13.2. The first-order chi connectivity index (χ1) is 10.3. The summed E-state index contributed by atoms with van der Waals surface area (Å²) in [4.78, 5) is 11.6. The minimum absolute atomic E-state index is 0.0160. The fourth-order valence-electron chi connectivity index (χ4n) is 1.45. The van der Waals surface area contributed by atoms with Crippen LogP contribution in [0.2, 0.25) is 4.34 Å². The molecule has 0 aliphatic carbocycles. The van der Waals surface area contributed by atoms with E-state index in [1.165, 1.54) is 12.1 Å². The summed E-state index contributed by atoms with van der Waals surface area (Å²) in [6.45, 7) is -0.559. The largest absolute Gasteiger partial charge is 0.325 e. The Labute approximate surface area is 134 Å². The van der Waals surface area contributed by atoms with Crippen molar-refractivity contribution in [3.8, 4) is 0 Å². The Bertz CT molecular complexity index is 808. The van der Waals surface area contributed by atoms with Gasteiger partial charge in [0.05, 0.1) is 10.9 Å². The molecule has 1 amide bonds. The van der Waals surface area contributed by atoms with Crippen LogP contribution in [0.1, 0.15) is 0 Å². The molecule has 2 aromatic rings. The third kappa shape index (κ3) is 4.23. The summed E-state index contributed by atoms with van der Waals surface area (Å²) < 4.78 is 51.8. The molecular weight excluding hydrogens is 358 g/mol. The van der Waals surface area contributed by atoms with E-state index in [-0.39, 0.29) is 9.90 Å². The molecule has 0 radical (unpaired) electrons. The Balaban J connectivity index is 1.96. The van der Waals surface area contributed by atoms with Crippen molar-refractivity contribution in [2.45, 2.75) is 4.21 Å². The van der Waals surface area contributed by atoms with E-state index in [1.54, 1.807) is 0 Å². The summed E-state index contributed by atoms with van der Waals surface area (Å²) in [7, 11) is -3.85. The van der Waals surface area contributed by atoms with Crippen LogP contribution in [-0.2, 0) is 14.8 Å². The summed E-state index contributed by atoms with van der Waals surface area (Å²) in [5.41, 5.74) is 0.0160. The number of nitrogens with one attached hydrogen (secondary N) is 2. The molecule has 1 aromatic heterocycles. The van der Waals surface area contributed by atoms with Crippen molar-refractivity contribution in [1.82, 2.24) is 4.72 Å². The Hall–Kier alpha value is -1.55. The van der Waals surface area contributed by atoms with Gasteiger partial charge < -0.3 is 5.32 Å². The van der Waals surface area contributed by atoms with Gasteiger partial charge in [-0.05, 0) is 24.3 Å². The molecule has 118 valence electrons. The van der Waals surface area contributed by atoms with Crippen LogP contribution in [0.3, 0.4) is 0 Å². The maximum absolute atomic E-state index is 13.0. The summed E-state index contributed by atoms with van der Waals surface area (Å²) in [6.07, 6.45) is 0. The minimum atomic E-state index is -3.85. The maximum Gasteiger partial charge on any atom is 0.250 e. The fraction of sp³-hybridized carbons (Fsp3) is 0.0833. The average molecular weight is 367 g/mol. The number of anilines is 1. The predicted octanol–water partition coefficient (Wildman–Crippen LogP) is 2.60. The molecule has 0 aliphatic heterocycles. The lowest BCUT2D eigenvalue weighted by molar-refractivity contribution is -0.115. The van der Waals surface area contributed by atoms with Gasteiger partial charge in [0.2, 0.25) is 5.91 Å². The van der Waals surface area contributed by atoms with Gasteiger partial charge in [0.25, 0.3) is 10.0 Å². The summed E-state index contributed by atoms with van der Waals surface area (Å²) in [6, 6.07) is 5.53. The third-order valence-electron chi connectivity index (χ3n) is 2.44. The Morgan fingerprint density at radius 2 is 1.91 bits per heavy atom. The summed E-state index contributed by atoms with van der Waals surface area (Å²) in [5.74, 6) is -2.89. The standard InChI is InChI=1S/C12H9ClF2N2O3S2/c13-10-3-4-12(21-10)22(19,20)16-6-11(18)17-7-1-2-8(14)9(15)5-7/h1-5,16H,6H2,(H,17,18). The SMILES string of the molecule is O=C(CNS(=O)(=O)c1ccc(Cl)s1)Nc1ccc(F)c(F)c1. The van der Waals surface area contributed by atoms with Gasteiger partial charge in [-0.15, -0.1) is 11.3 Å². The third-order valence-corrected chi connectivity index (χ3v) is 5.56. The van der Waals surface area contributed by atoms with Gasteiger partial charge in [0.15, 0.2) is 11.6 Å². The van der Waals surface area contributed by atoms with Gasteiger partial charge in [-0.25, -0.2) is 21.9 Å². The maximum atomic E-state index is 13.0. The quantitative estimate of drug-likeness (QED) is 0.854. The van der Waals surface area contributed by atoms with E-state index in [0.29, 0.717) is 4.34 Å². The molecule has 10 heteroatoms. The topological polar surface area (TPSA) is 75.3 Å². The number of thiophene rings is 1. The monoisotopic (exact) mass is 366 g/mol. The van der Waals surface area contributed by atoms with Gasteiger partial charge in [0.1, 0.15) is 4.21 Å². The number of carbonyl (C=O) groups excluding carboxylic acids is 1. The molecule has 0 bridgehead atoms. The number of sulfonamides is 1. The van der Waals surface area contributed by atoms with E-state index in [0.717, 1.165) is 29.5 Å². The Kier molecular flexibility index (Phi) is 5.12. The molecule has 0 atom stereocenters. The zero-order valence-electron chi connectivity index (χ0n) is 10.8. The molecule has 1 heterocycles. The molecule has 2 N–H and O–H groups in total. The van der Waals surface area contributed by atoms with Crippen molar-refractivity contribution in [3.63, 3.8) is 0 Å². The van der Waals surface area contributed by atoms with Gasteiger partial charge in [-0.1, -0.05) is 11.6 Å². The van der Waals surface area contributed by atoms with Crippen molar-refractivity contribution in [2.75, 3.05) is 11.9 Å². The zero-order chi connectivity index (χ0) is 16.3. The molecule has 0 fully saturated rings. The first kappa shape index (κ1) is 16.8. The fourth-order valence-corrected chi connectivity index (χ4v) is 3.96. The van der Waals surface area contributed by atoms with E-state index in [9.17, 15) is 22.0 Å². The van der Waals surface area contributed by atoms with Crippen LogP contribution in [0.4, 0.5) is 14.5 Å². The molecule has 0 saturated heterocycles. The van der Waals surface area contributed by atoms with Crippen LogP contribution in [0.15, 0.2) is 34.5 Å². The predicted molar refractivity (Wildman–Crippen MR) is 79.5 cm³/mol. The lowest BCUT2D eigenvalue weighted by Crippen LogP contribution is -2.32. The molecule has 22 heavy (non-hydrogen) atoms. The van der Waals surface area contributed by atoms with Crippen molar-refractivity contribution in [3.05, 3.63) is 46.3 Å². The highest BCUT2D eigenvalue weighted by atomic mass is 35.5. The highest BCUT2D eigenvalue weighted by Gasteiger charge is 2.18. The van der Waals surface area contributed by atoms with Crippen LogP contribution in [-0.4, -0.2) is 20.9 Å². The number of hydrogen-bond acceptors (Lipinski definition) is 4. The molecular formula is C12H9ClF2N2O3S2. The number of carbonyl (C=O) groups is 1. The molecule has 0 spiro atoms. The Morgan fingerprint density at radius 1 is 1.18 bits per heavy atom. The van der Waals surface area contributed by atoms with E-state index in [1.807, 2.05) is 0 Å². The van der Waals surface area contributed by atoms with Crippen molar-refractivity contribution < 1.29 is 22.0 Å². The molecule has 0 aliphatic rings. The van der Waals surface area contributed by atoms with Gasteiger partial charge in [-0.2, -0.15) is 0 Å². The summed E-state index contributed by atoms with van der Waals surface area (Å²) in [5, 5.41) is 2.24. The average Bonchev–Trinajstić information content (AvgIpc) is 2.88. The second-order valence-corrected chi connectivity index (χ2v) is 7.77. The minimum Gasteiger partial charge on any atom is -0.325 e.